The molecule has 0 unspecified atom stereocenters. The Labute approximate surface area is 137 Å². The number of carbonyl (C=O) groups excluding carboxylic acids is 1. The molecular weight excluding hydrogens is 292 g/mol. The Balaban J connectivity index is 1.85. The lowest BCUT2D eigenvalue weighted by atomic mass is 10.1. The van der Waals surface area contributed by atoms with Crippen LogP contribution in [0.1, 0.15) is 44.1 Å². The normalized spacial score (nSPS) is 16.6. The van der Waals surface area contributed by atoms with Gasteiger partial charge in [0, 0.05) is 6.04 Å². The van der Waals surface area contributed by atoms with Gasteiger partial charge in [-0.05, 0) is 30.5 Å². The van der Waals surface area contributed by atoms with E-state index in [4.69, 9.17) is 16.2 Å². The van der Waals surface area contributed by atoms with Crippen molar-refractivity contribution in [2.24, 2.45) is 16.5 Å². The predicted molar refractivity (Wildman–Crippen MR) is 91.1 cm³/mol. The number of amides is 1. The molecule has 1 aliphatic rings. The van der Waals surface area contributed by atoms with E-state index in [0.29, 0.717) is 24.3 Å². The molecule has 0 bridgehead atoms. The first-order chi connectivity index (χ1) is 11.1. The van der Waals surface area contributed by atoms with Crippen LogP contribution in [-0.4, -0.2) is 24.5 Å². The zero-order valence-electron chi connectivity index (χ0n) is 13.5. The van der Waals surface area contributed by atoms with Crippen LogP contribution < -0.4 is 21.5 Å². The third kappa shape index (κ3) is 6.59. The molecule has 1 aliphatic carbocycles. The molecule has 1 fully saturated rings. The maximum atomic E-state index is 10.7. The first-order valence-electron chi connectivity index (χ1n) is 8.20. The molecule has 126 valence electrons. The highest BCUT2D eigenvalue weighted by molar-refractivity contribution is 5.78. The van der Waals surface area contributed by atoms with Gasteiger partial charge in [-0.25, -0.2) is 4.99 Å². The van der Waals surface area contributed by atoms with Crippen LogP contribution in [0.25, 0.3) is 0 Å². The molecule has 0 aliphatic heterocycles. The highest BCUT2D eigenvalue weighted by Crippen LogP contribution is 2.17. The molecule has 1 aromatic rings. The summed E-state index contributed by atoms with van der Waals surface area (Å²) >= 11 is 0. The van der Waals surface area contributed by atoms with Gasteiger partial charge in [0.15, 0.2) is 12.6 Å². The number of nitrogens with one attached hydrogen (secondary N) is 1. The fourth-order valence-electron chi connectivity index (χ4n) is 2.74. The van der Waals surface area contributed by atoms with Crippen LogP contribution in [0.2, 0.25) is 0 Å². The van der Waals surface area contributed by atoms with Crippen molar-refractivity contribution in [3.63, 3.8) is 0 Å². The molecule has 0 aromatic heterocycles. The summed E-state index contributed by atoms with van der Waals surface area (Å²) in [4.78, 5) is 15.1. The number of hydrogen-bond donors (Lipinski definition) is 3. The van der Waals surface area contributed by atoms with Crippen LogP contribution >= 0.6 is 0 Å². The van der Waals surface area contributed by atoms with Crippen LogP contribution in [0.15, 0.2) is 29.3 Å². The van der Waals surface area contributed by atoms with Gasteiger partial charge in [0.25, 0.3) is 5.91 Å². The fraction of sp³-hybridized carbons (Fsp3) is 0.529. The second-order valence-electron chi connectivity index (χ2n) is 5.94. The molecule has 6 heteroatoms. The Kier molecular flexibility index (Phi) is 6.72. The maximum Gasteiger partial charge on any atom is 0.255 e. The number of guanidine groups is 1. The van der Waals surface area contributed by atoms with E-state index in [2.05, 4.69) is 10.3 Å². The summed E-state index contributed by atoms with van der Waals surface area (Å²) in [6.45, 7) is 0.345. The van der Waals surface area contributed by atoms with Crippen molar-refractivity contribution in [1.82, 2.24) is 5.32 Å². The summed E-state index contributed by atoms with van der Waals surface area (Å²) in [5, 5.41) is 3.32. The molecule has 2 rings (SSSR count). The topological polar surface area (TPSA) is 103 Å². The van der Waals surface area contributed by atoms with Gasteiger partial charge in [-0.15, -0.1) is 0 Å². The van der Waals surface area contributed by atoms with Crippen LogP contribution in [-0.2, 0) is 11.3 Å². The average Bonchev–Trinajstić information content (AvgIpc) is 2.80. The van der Waals surface area contributed by atoms with Gasteiger partial charge in [-0.2, -0.15) is 0 Å². The van der Waals surface area contributed by atoms with Crippen molar-refractivity contribution in [1.29, 1.82) is 0 Å². The Morgan fingerprint density at radius 3 is 2.65 bits per heavy atom. The summed E-state index contributed by atoms with van der Waals surface area (Å²) in [7, 11) is 0. The van der Waals surface area contributed by atoms with E-state index in [0.717, 1.165) is 18.4 Å². The lowest BCUT2D eigenvalue weighted by molar-refractivity contribution is -0.119. The summed E-state index contributed by atoms with van der Waals surface area (Å²) < 4.78 is 5.28. The highest BCUT2D eigenvalue weighted by atomic mass is 16.5. The van der Waals surface area contributed by atoms with Crippen molar-refractivity contribution in [2.45, 2.75) is 51.1 Å². The number of rotatable bonds is 6. The third-order valence-electron chi connectivity index (χ3n) is 3.92. The van der Waals surface area contributed by atoms with Crippen LogP contribution in [0.4, 0.5) is 0 Å². The number of carbonyl (C=O) groups is 1. The molecule has 6 nitrogen and oxygen atoms in total. The molecule has 5 N–H and O–H groups in total. The standard InChI is InChI=1S/C17H26N4O2/c18-16(22)12-23-15-9-5-6-13(10-15)11-20-17(19)21-14-7-3-1-2-4-8-14/h5-6,9-10,14H,1-4,7-8,11-12H2,(H2,18,22)(H3,19,20,21). The SMILES string of the molecule is NC(=O)COc1cccc(CN=C(N)NC2CCCCCC2)c1. The Morgan fingerprint density at radius 2 is 1.96 bits per heavy atom. The van der Waals surface area contributed by atoms with Crippen LogP contribution in [0.5, 0.6) is 5.75 Å². The first-order valence-corrected chi connectivity index (χ1v) is 8.20. The Morgan fingerprint density at radius 1 is 1.22 bits per heavy atom. The second-order valence-corrected chi connectivity index (χ2v) is 5.94. The average molecular weight is 318 g/mol. The van der Waals surface area contributed by atoms with E-state index < -0.39 is 5.91 Å². The van der Waals surface area contributed by atoms with Crippen molar-refractivity contribution in [2.75, 3.05) is 6.61 Å². The van der Waals surface area contributed by atoms with Crippen molar-refractivity contribution < 1.29 is 9.53 Å². The number of nitrogens with two attached hydrogens (primary N) is 2. The Bertz CT molecular complexity index is 537. The van der Waals surface area contributed by atoms with Crippen molar-refractivity contribution in [3.8, 4) is 5.75 Å². The summed E-state index contributed by atoms with van der Waals surface area (Å²) in [5.41, 5.74) is 12.0. The maximum absolute atomic E-state index is 10.7. The van der Waals surface area contributed by atoms with Crippen LogP contribution in [0, 0.1) is 0 Å². The number of hydrogen-bond acceptors (Lipinski definition) is 3. The first kappa shape index (κ1) is 17.1. The summed E-state index contributed by atoms with van der Waals surface area (Å²) in [6, 6.07) is 7.86. The number of nitrogens with zero attached hydrogens (tertiary/aromatic N) is 1. The second kappa shape index (κ2) is 9.02. The van der Waals surface area contributed by atoms with Crippen LogP contribution in [0.3, 0.4) is 0 Å². The highest BCUT2D eigenvalue weighted by Gasteiger charge is 2.12. The molecule has 0 spiro atoms. The van der Waals surface area contributed by atoms with E-state index >= 15 is 0 Å². The molecule has 0 saturated heterocycles. The fourth-order valence-corrected chi connectivity index (χ4v) is 2.74. The van der Waals surface area contributed by atoms with E-state index in [9.17, 15) is 4.79 Å². The van der Waals surface area contributed by atoms with Gasteiger partial charge in [-0.3, -0.25) is 4.79 Å². The summed E-state index contributed by atoms with van der Waals surface area (Å²) in [6.07, 6.45) is 7.45. The lowest BCUT2D eigenvalue weighted by Crippen LogP contribution is -2.39. The van der Waals surface area contributed by atoms with Gasteiger partial charge in [0.05, 0.1) is 6.54 Å². The van der Waals surface area contributed by atoms with Crippen molar-refractivity contribution >= 4 is 11.9 Å². The molecule has 1 amide bonds. The molecule has 0 heterocycles. The molecule has 1 saturated carbocycles. The molecule has 1 aromatic carbocycles. The largest absolute Gasteiger partial charge is 0.484 e. The number of primary amides is 1. The minimum Gasteiger partial charge on any atom is -0.484 e. The van der Waals surface area contributed by atoms with E-state index in [1.165, 1.54) is 25.7 Å². The van der Waals surface area contributed by atoms with Gasteiger partial charge >= 0.3 is 0 Å². The Hall–Kier alpha value is -2.24. The smallest absolute Gasteiger partial charge is 0.255 e. The van der Waals surface area contributed by atoms with Gasteiger partial charge in [-0.1, -0.05) is 37.8 Å². The minimum atomic E-state index is -0.495. The van der Waals surface area contributed by atoms with E-state index in [-0.39, 0.29) is 6.61 Å². The zero-order chi connectivity index (χ0) is 16.5. The molecule has 0 radical (unpaired) electrons. The lowest BCUT2D eigenvalue weighted by Gasteiger charge is -2.16. The van der Waals surface area contributed by atoms with Crippen molar-refractivity contribution in [3.05, 3.63) is 29.8 Å². The van der Waals surface area contributed by atoms with Gasteiger partial charge in [0.2, 0.25) is 0 Å². The number of aliphatic imine (C=N–C) groups is 1. The van der Waals surface area contributed by atoms with E-state index in [1.54, 1.807) is 6.07 Å². The number of ether oxygens (including phenoxy) is 1. The van der Waals surface area contributed by atoms with Gasteiger partial charge in [0.1, 0.15) is 5.75 Å². The number of benzene rings is 1. The molecule has 0 atom stereocenters. The third-order valence-corrected chi connectivity index (χ3v) is 3.92. The van der Waals surface area contributed by atoms with Gasteiger partial charge < -0.3 is 21.5 Å². The molecule has 23 heavy (non-hydrogen) atoms. The minimum absolute atomic E-state index is 0.127. The monoisotopic (exact) mass is 318 g/mol. The zero-order valence-corrected chi connectivity index (χ0v) is 13.5. The molecular formula is C17H26N4O2. The summed E-state index contributed by atoms with van der Waals surface area (Å²) in [5.74, 6) is 0.595. The quantitative estimate of drug-likeness (QED) is 0.422. The predicted octanol–water partition coefficient (Wildman–Crippen LogP) is 1.68. The van der Waals surface area contributed by atoms with E-state index in [1.807, 2.05) is 18.2 Å².